The molecule has 0 saturated heterocycles. The van der Waals surface area contributed by atoms with Crippen molar-refractivity contribution < 1.29 is 9.53 Å². The van der Waals surface area contributed by atoms with Crippen molar-refractivity contribution in [1.82, 2.24) is 0 Å². The number of hydrogen-bond acceptors (Lipinski definition) is 2. The molecule has 2 heteroatoms. The molecule has 2 nitrogen and oxygen atoms in total. The summed E-state index contributed by atoms with van der Waals surface area (Å²) in [5.74, 6) is 1.03. The van der Waals surface area contributed by atoms with Crippen molar-refractivity contribution in [3.05, 3.63) is 22.8 Å². The van der Waals surface area contributed by atoms with Crippen LogP contribution in [0.25, 0.3) is 0 Å². The number of carbonyl (C=O) groups excluding carboxylic acids is 1. The van der Waals surface area contributed by atoms with Gasteiger partial charge in [0.05, 0.1) is 5.60 Å². The van der Waals surface area contributed by atoms with Crippen LogP contribution in [0.5, 0.6) is 0 Å². The summed E-state index contributed by atoms with van der Waals surface area (Å²) in [7, 11) is 0. The van der Waals surface area contributed by atoms with Crippen LogP contribution in [0, 0.1) is 5.92 Å². The molecule has 0 aromatic rings. The molecule has 3 atom stereocenters. The van der Waals surface area contributed by atoms with Crippen LogP contribution in [-0.4, -0.2) is 17.0 Å². The smallest absolute Gasteiger partial charge is 0.162 e. The van der Waals surface area contributed by atoms with Crippen LogP contribution in [0.2, 0.25) is 0 Å². The summed E-state index contributed by atoms with van der Waals surface area (Å²) in [5, 5.41) is 0. The summed E-state index contributed by atoms with van der Waals surface area (Å²) in [6.07, 6.45) is 13.8. The lowest BCUT2D eigenvalue weighted by Gasteiger charge is -2.39. The van der Waals surface area contributed by atoms with Crippen molar-refractivity contribution >= 4 is 5.78 Å². The summed E-state index contributed by atoms with van der Waals surface area (Å²) in [5.41, 5.74) is 3.77. The van der Waals surface area contributed by atoms with Crippen molar-refractivity contribution in [2.45, 2.75) is 75.4 Å². The lowest BCUT2D eigenvalue weighted by Crippen LogP contribution is -2.42. The molecule has 5 rings (SSSR count). The van der Waals surface area contributed by atoms with Gasteiger partial charge in [0.1, 0.15) is 5.60 Å². The molecule has 2 saturated carbocycles. The Hall–Kier alpha value is -0.890. The van der Waals surface area contributed by atoms with Crippen molar-refractivity contribution in [2.75, 3.05) is 0 Å². The molecule has 3 aliphatic carbocycles. The van der Waals surface area contributed by atoms with E-state index in [0.717, 1.165) is 37.7 Å². The van der Waals surface area contributed by atoms with E-state index < -0.39 is 0 Å². The minimum Gasteiger partial charge on any atom is -0.355 e. The van der Waals surface area contributed by atoms with E-state index in [2.05, 4.69) is 6.08 Å². The van der Waals surface area contributed by atoms with Crippen LogP contribution >= 0.6 is 0 Å². The second-order valence-corrected chi connectivity index (χ2v) is 7.46. The van der Waals surface area contributed by atoms with E-state index >= 15 is 0 Å². The Morgan fingerprint density at radius 3 is 3.00 bits per heavy atom. The normalized spacial score (nSPS) is 45.9. The first-order valence-electron chi connectivity index (χ1n) is 8.42. The Morgan fingerprint density at radius 2 is 2.05 bits per heavy atom. The minimum atomic E-state index is -0.278. The van der Waals surface area contributed by atoms with E-state index in [1.807, 2.05) is 0 Å². The molecule has 0 aromatic heterocycles. The first-order valence-corrected chi connectivity index (χ1v) is 8.42. The Morgan fingerprint density at radius 1 is 1.10 bits per heavy atom. The molecular formula is C18H22O2. The van der Waals surface area contributed by atoms with Gasteiger partial charge >= 0.3 is 0 Å². The fraction of sp³-hybridized carbons (Fsp3) is 0.722. The van der Waals surface area contributed by atoms with Crippen molar-refractivity contribution in [1.29, 1.82) is 0 Å². The second-order valence-electron chi connectivity index (χ2n) is 7.46. The Labute approximate surface area is 120 Å². The summed E-state index contributed by atoms with van der Waals surface area (Å²) < 4.78 is 6.84. The molecule has 2 bridgehead atoms. The number of hydrogen-bond donors (Lipinski definition) is 0. The van der Waals surface area contributed by atoms with Gasteiger partial charge < -0.3 is 4.74 Å². The third-order valence-electron chi connectivity index (χ3n) is 6.52. The van der Waals surface area contributed by atoms with Crippen LogP contribution in [0.4, 0.5) is 0 Å². The molecule has 2 spiro atoms. The van der Waals surface area contributed by atoms with E-state index in [9.17, 15) is 4.79 Å². The summed E-state index contributed by atoms with van der Waals surface area (Å²) in [4.78, 5) is 12.6. The highest BCUT2D eigenvalue weighted by Crippen LogP contribution is 2.61. The SMILES string of the molecule is O=C1CCC2=C1[C@]13CCCCC1=C[C@@]1(CCC[C@@H]1C2)O3. The van der Waals surface area contributed by atoms with Crippen LogP contribution in [0.1, 0.15) is 64.2 Å². The minimum absolute atomic E-state index is 0.00963. The zero-order valence-electron chi connectivity index (χ0n) is 12.0. The van der Waals surface area contributed by atoms with Crippen LogP contribution < -0.4 is 0 Å². The maximum absolute atomic E-state index is 12.6. The highest BCUT2D eigenvalue weighted by atomic mass is 16.5. The fourth-order valence-electron chi connectivity index (χ4n) is 5.74. The maximum atomic E-state index is 12.6. The van der Waals surface area contributed by atoms with Crippen molar-refractivity contribution in [3.63, 3.8) is 0 Å². The molecule has 2 aliphatic heterocycles. The molecule has 2 fully saturated rings. The first kappa shape index (κ1) is 11.7. The van der Waals surface area contributed by atoms with Gasteiger partial charge in [-0.1, -0.05) is 11.6 Å². The topological polar surface area (TPSA) is 26.3 Å². The van der Waals surface area contributed by atoms with Gasteiger partial charge in [0.25, 0.3) is 0 Å². The van der Waals surface area contributed by atoms with E-state index in [1.165, 1.54) is 43.3 Å². The lowest BCUT2D eigenvalue weighted by atomic mass is 9.72. The molecule has 0 amide bonds. The average molecular weight is 270 g/mol. The Balaban J connectivity index is 1.75. The number of rotatable bonds is 0. The number of carbonyl (C=O) groups is 1. The maximum Gasteiger partial charge on any atom is 0.162 e. The largest absolute Gasteiger partial charge is 0.355 e. The highest BCUT2D eigenvalue weighted by molar-refractivity contribution is 6.01. The molecule has 0 aromatic carbocycles. The number of allylic oxidation sites excluding steroid dienone is 1. The fourth-order valence-corrected chi connectivity index (χ4v) is 5.74. The summed E-state index contributed by atoms with van der Waals surface area (Å²) in [6, 6.07) is 0. The van der Waals surface area contributed by atoms with E-state index in [4.69, 9.17) is 4.74 Å². The number of Topliss-reactive ketones (excluding diaryl/α,β-unsaturated/α-hetero) is 1. The van der Waals surface area contributed by atoms with Gasteiger partial charge in [0, 0.05) is 12.0 Å². The summed E-state index contributed by atoms with van der Waals surface area (Å²) in [6.45, 7) is 0. The zero-order chi connectivity index (χ0) is 13.4. The molecule has 5 aliphatic rings. The predicted octanol–water partition coefficient (Wildman–Crippen LogP) is 3.86. The quantitative estimate of drug-likeness (QED) is 0.625. The summed E-state index contributed by atoms with van der Waals surface area (Å²) >= 11 is 0. The molecule has 2 heterocycles. The van der Waals surface area contributed by atoms with Gasteiger partial charge in [-0.3, -0.25) is 4.79 Å². The van der Waals surface area contributed by atoms with Gasteiger partial charge in [-0.2, -0.15) is 0 Å². The third-order valence-corrected chi connectivity index (χ3v) is 6.52. The van der Waals surface area contributed by atoms with Gasteiger partial charge in [-0.05, 0) is 69.3 Å². The molecule has 0 radical (unpaired) electrons. The average Bonchev–Trinajstić information content (AvgIpc) is 3.06. The number of ether oxygens (including phenoxy) is 1. The van der Waals surface area contributed by atoms with Gasteiger partial charge in [-0.15, -0.1) is 0 Å². The van der Waals surface area contributed by atoms with Gasteiger partial charge in [0.15, 0.2) is 5.78 Å². The lowest BCUT2D eigenvalue weighted by molar-refractivity contribution is -0.123. The highest BCUT2D eigenvalue weighted by Gasteiger charge is 2.60. The van der Waals surface area contributed by atoms with Gasteiger partial charge in [-0.25, -0.2) is 0 Å². The Bertz CT molecular complexity index is 570. The predicted molar refractivity (Wildman–Crippen MR) is 76.3 cm³/mol. The third kappa shape index (κ3) is 1.23. The first-order chi connectivity index (χ1) is 9.74. The Kier molecular flexibility index (Phi) is 2.14. The van der Waals surface area contributed by atoms with E-state index in [0.29, 0.717) is 11.7 Å². The van der Waals surface area contributed by atoms with Crippen molar-refractivity contribution in [3.8, 4) is 0 Å². The van der Waals surface area contributed by atoms with Crippen LogP contribution in [0.3, 0.4) is 0 Å². The van der Waals surface area contributed by atoms with E-state index in [-0.39, 0.29) is 11.2 Å². The zero-order valence-corrected chi connectivity index (χ0v) is 12.0. The van der Waals surface area contributed by atoms with E-state index in [1.54, 1.807) is 0 Å². The molecule has 20 heavy (non-hydrogen) atoms. The monoisotopic (exact) mass is 270 g/mol. The number of ketones is 1. The van der Waals surface area contributed by atoms with Gasteiger partial charge in [0.2, 0.25) is 0 Å². The van der Waals surface area contributed by atoms with Crippen molar-refractivity contribution in [2.24, 2.45) is 5.92 Å². The molecular weight excluding hydrogens is 248 g/mol. The molecule has 0 N–H and O–H groups in total. The molecule has 106 valence electrons. The van der Waals surface area contributed by atoms with Crippen LogP contribution in [0.15, 0.2) is 22.8 Å². The second kappa shape index (κ2) is 3.65. The molecule has 0 unspecified atom stereocenters. The standard InChI is InChI=1S/C18H22O2/c19-15-7-6-12-10-13-5-3-8-17(13)11-14-4-1-2-9-18(14,20-17)16(12)15/h11,13H,1-10H2/t13-,17-,18+/m1/s1. The van der Waals surface area contributed by atoms with Crippen LogP contribution in [-0.2, 0) is 9.53 Å².